The fraction of sp³-hybridized carbons (Fsp3) is 0.714. The van der Waals surface area contributed by atoms with Gasteiger partial charge in [-0.05, 0) is 24.2 Å². The summed E-state index contributed by atoms with van der Waals surface area (Å²) in [5, 5.41) is 7.70. The molecule has 0 radical (unpaired) electrons. The number of nitrogens with zero attached hydrogens (tertiary/aromatic N) is 2. The Labute approximate surface area is 119 Å². The van der Waals surface area contributed by atoms with Crippen molar-refractivity contribution in [3.8, 4) is 0 Å². The number of halogens is 1. The third-order valence-corrected chi connectivity index (χ3v) is 3.74. The van der Waals surface area contributed by atoms with Crippen molar-refractivity contribution in [2.75, 3.05) is 11.9 Å². The molecule has 0 atom stereocenters. The largest absolute Gasteiger partial charge is 0.379 e. The lowest BCUT2D eigenvalue weighted by atomic mass is 9.85. The molecule has 1 aliphatic rings. The van der Waals surface area contributed by atoms with Crippen LogP contribution in [-0.2, 0) is 6.54 Å². The zero-order chi connectivity index (χ0) is 14.0. The highest BCUT2D eigenvalue weighted by atomic mass is 35.5. The molecular formula is C14H22ClN3O. The lowest BCUT2D eigenvalue weighted by molar-refractivity contribution is 0.262. The van der Waals surface area contributed by atoms with E-state index in [1.165, 1.54) is 19.3 Å². The van der Waals surface area contributed by atoms with Crippen LogP contribution in [0.15, 0.2) is 11.0 Å². The van der Waals surface area contributed by atoms with Crippen molar-refractivity contribution in [2.45, 2.75) is 46.6 Å². The molecule has 19 heavy (non-hydrogen) atoms. The van der Waals surface area contributed by atoms with Crippen molar-refractivity contribution in [3.63, 3.8) is 0 Å². The smallest absolute Gasteiger partial charge is 0.291 e. The Kier molecular flexibility index (Phi) is 4.19. The van der Waals surface area contributed by atoms with E-state index in [0.717, 1.165) is 0 Å². The van der Waals surface area contributed by atoms with Gasteiger partial charge >= 0.3 is 0 Å². The second kappa shape index (κ2) is 5.53. The maximum absolute atomic E-state index is 12.3. The molecule has 0 bridgehead atoms. The molecule has 0 unspecified atom stereocenters. The Bertz CT molecular complexity index is 500. The normalized spacial score (nSPS) is 16.2. The zero-order valence-corrected chi connectivity index (χ0v) is 12.6. The molecule has 1 heterocycles. The number of nitrogens with one attached hydrogen (secondary N) is 1. The molecule has 1 saturated carbocycles. The standard InChI is InChI=1S/C14H22ClN3O/c1-14(2,3)9-16-12-11(15)7-17-18(13(12)19)8-10-5-4-6-10/h7,10,16H,4-6,8-9H2,1-3H3. The predicted octanol–water partition coefficient (Wildman–Crippen LogP) is 3.15. The second-order valence-electron chi connectivity index (χ2n) is 6.57. The minimum absolute atomic E-state index is 0.0951. The monoisotopic (exact) mass is 283 g/mol. The van der Waals surface area contributed by atoms with Crippen molar-refractivity contribution in [1.82, 2.24) is 9.78 Å². The van der Waals surface area contributed by atoms with Crippen LogP contribution in [0, 0.1) is 11.3 Å². The lowest BCUT2D eigenvalue weighted by Crippen LogP contribution is -2.32. The summed E-state index contributed by atoms with van der Waals surface area (Å²) < 4.78 is 1.54. The number of hydrogen-bond donors (Lipinski definition) is 1. The van der Waals surface area contributed by atoms with E-state index in [1.807, 2.05) is 0 Å². The molecule has 4 nitrogen and oxygen atoms in total. The summed E-state index contributed by atoms with van der Waals surface area (Å²) in [6, 6.07) is 0. The Morgan fingerprint density at radius 2 is 2.16 bits per heavy atom. The molecule has 0 amide bonds. The predicted molar refractivity (Wildman–Crippen MR) is 78.8 cm³/mol. The lowest BCUT2D eigenvalue weighted by Gasteiger charge is -2.25. The van der Waals surface area contributed by atoms with Gasteiger partial charge in [-0.15, -0.1) is 0 Å². The molecule has 106 valence electrons. The minimum Gasteiger partial charge on any atom is -0.379 e. The molecule has 5 heteroatoms. The summed E-state index contributed by atoms with van der Waals surface area (Å²) in [5.41, 5.74) is 0.465. The Morgan fingerprint density at radius 1 is 1.47 bits per heavy atom. The highest BCUT2D eigenvalue weighted by Gasteiger charge is 2.20. The summed E-state index contributed by atoms with van der Waals surface area (Å²) in [4.78, 5) is 12.3. The Morgan fingerprint density at radius 3 is 2.68 bits per heavy atom. The summed E-state index contributed by atoms with van der Waals surface area (Å²) in [6.45, 7) is 7.75. The first-order valence-corrected chi connectivity index (χ1v) is 7.24. The molecule has 0 aromatic carbocycles. The number of aromatic nitrogens is 2. The van der Waals surface area contributed by atoms with Crippen molar-refractivity contribution in [2.24, 2.45) is 11.3 Å². The van der Waals surface area contributed by atoms with Crippen LogP contribution in [0.4, 0.5) is 5.69 Å². The van der Waals surface area contributed by atoms with E-state index < -0.39 is 0 Å². The Hall–Kier alpha value is -1.03. The average molecular weight is 284 g/mol. The molecule has 0 aliphatic heterocycles. The third kappa shape index (κ3) is 3.72. The van der Waals surface area contributed by atoms with E-state index in [0.29, 0.717) is 29.7 Å². The topological polar surface area (TPSA) is 46.9 Å². The fourth-order valence-electron chi connectivity index (χ4n) is 2.03. The molecule has 0 spiro atoms. The van der Waals surface area contributed by atoms with Crippen LogP contribution in [0.2, 0.25) is 5.02 Å². The van der Waals surface area contributed by atoms with Crippen LogP contribution < -0.4 is 10.9 Å². The van der Waals surface area contributed by atoms with E-state index >= 15 is 0 Å². The van der Waals surface area contributed by atoms with Gasteiger partial charge in [-0.2, -0.15) is 5.10 Å². The number of hydrogen-bond acceptors (Lipinski definition) is 3. The molecule has 2 rings (SSSR count). The Balaban J connectivity index is 2.16. The molecular weight excluding hydrogens is 262 g/mol. The molecule has 1 fully saturated rings. The van der Waals surface area contributed by atoms with Gasteiger partial charge in [-0.25, -0.2) is 4.68 Å². The van der Waals surface area contributed by atoms with Gasteiger partial charge in [0.15, 0.2) is 0 Å². The van der Waals surface area contributed by atoms with Crippen molar-refractivity contribution in [1.29, 1.82) is 0 Å². The molecule has 1 aromatic heterocycles. The zero-order valence-electron chi connectivity index (χ0n) is 11.9. The maximum Gasteiger partial charge on any atom is 0.291 e. The maximum atomic E-state index is 12.3. The first kappa shape index (κ1) is 14.4. The minimum atomic E-state index is -0.108. The van der Waals surface area contributed by atoms with Crippen molar-refractivity contribution in [3.05, 3.63) is 21.6 Å². The SMILES string of the molecule is CC(C)(C)CNc1c(Cl)cnn(CC2CCC2)c1=O. The van der Waals surface area contributed by atoms with Gasteiger partial charge < -0.3 is 5.32 Å². The molecule has 1 aromatic rings. The summed E-state index contributed by atoms with van der Waals surface area (Å²) >= 11 is 6.08. The van der Waals surface area contributed by atoms with Gasteiger partial charge in [0.2, 0.25) is 0 Å². The van der Waals surface area contributed by atoms with Gasteiger partial charge in [0.05, 0.1) is 11.2 Å². The van der Waals surface area contributed by atoms with E-state index in [-0.39, 0.29) is 11.0 Å². The van der Waals surface area contributed by atoms with Gasteiger partial charge in [0.25, 0.3) is 5.56 Å². The van der Waals surface area contributed by atoms with E-state index in [1.54, 1.807) is 10.9 Å². The first-order chi connectivity index (χ1) is 8.87. The van der Waals surface area contributed by atoms with Crippen LogP contribution in [0.3, 0.4) is 0 Å². The van der Waals surface area contributed by atoms with E-state index in [2.05, 4.69) is 31.2 Å². The van der Waals surface area contributed by atoms with Crippen LogP contribution >= 0.6 is 11.6 Å². The summed E-state index contributed by atoms with van der Waals surface area (Å²) in [5.74, 6) is 0.599. The summed E-state index contributed by atoms with van der Waals surface area (Å²) in [7, 11) is 0. The fourth-order valence-corrected chi connectivity index (χ4v) is 2.22. The first-order valence-electron chi connectivity index (χ1n) is 6.86. The van der Waals surface area contributed by atoms with Gasteiger partial charge in [-0.1, -0.05) is 38.8 Å². The average Bonchev–Trinajstić information content (AvgIpc) is 2.24. The highest BCUT2D eigenvalue weighted by molar-refractivity contribution is 6.32. The van der Waals surface area contributed by atoms with Gasteiger partial charge in [-0.3, -0.25) is 4.79 Å². The number of rotatable bonds is 4. The quantitative estimate of drug-likeness (QED) is 0.923. The molecule has 1 N–H and O–H groups in total. The van der Waals surface area contributed by atoms with Gasteiger partial charge in [0, 0.05) is 13.1 Å². The van der Waals surface area contributed by atoms with Crippen molar-refractivity contribution < 1.29 is 0 Å². The van der Waals surface area contributed by atoms with Crippen molar-refractivity contribution >= 4 is 17.3 Å². The van der Waals surface area contributed by atoms with Gasteiger partial charge in [0.1, 0.15) is 5.69 Å². The molecule has 1 aliphatic carbocycles. The van der Waals surface area contributed by atoms with E-state index in [9.17, 15) is 4.79 Å². The summed E-state index contributed by atoms with van der Waals surface area (Å²) in [6.07, 6.45) is 5.22. The van der Waals surface area contributed by atoms with Crippen LogP contribution in [0.5, 0.6) is 0 Å². The molecule has 0 saturated heterocycles. The number of anilines is 1. The third-order valence-electron chi connectivity index (χ3n) is 3.45. The van der Waals surface area contributed by atoms with E-state index in [4.69, 9.17) is 11.6 Å². The highest BCUT2D eigenvalue weighted by Crippen LogP contribution is 2.27. The van der Waals surface area contributed by atoms with Crippen LogP contribution in [0.1, 0.15) is 40.0 Å². The van der Waals surface area contributed by atoms with Crippen LogP contribution in [-0.4, -0.2) is 16.3 Å². The second-order valence-corrected chi connectivity index (χ2v) is 6.97. The van der Waals surface area contributed by atoms with Crippen LogP contribution in [0.25, 0.3) is 0 Å².